The number of carbonyl (C=O) groups is 1. The Balaban J connectivity index is 0.00000144. The van der Waals surface area contributed by atoms with E-state index in [-0.39, 0.29) is 24.8 Å². The van der Waals surface area contributed by atoms with Gasteiger partial charge >= 0.3 is 5.97 Å². The van der Waals surface area contributed by atoms with Gasteiger partial charge < -0.3 is 15.4 Å². The summed E-state index contributed by atoms with van der Waals surface area (Å²) in [6, 6.07) is 7.34. The molecule has 1 heterocycles. The van der Waals surface area contributed by atoms with Gasteiger partial charge in [-0.15, -0.1) is 24.8 Å². The molecule has 0 spiro atoms. The van der Waals surface area contributed by atoms with Crippen LogP contribution in [0.4, 0.5) is 0 Å². The molecule has 4 nitrogen and oxygen atoms in total. The maximum atomic E-state index is 10.9. The Bertz CT molecular complexity index is 514. The van der Waals surface area contributed by atoms with Crippen LogP contribution in [-0.2, 0) is 11.2 Å². The first-order valence-corrected chi connectivity index (χ1v) is 5.17. The predicted molar refractivity (Wildman–Crippen MR) is 77.0 cm³/mol. The molecule has 0 saturated carbocycles. The molecule has 18 heavy (non-hydrogen) atoms. The number of fused-ring (bicyclic) bond motifs is 1. The lowest BCUT2D eigenvalue weighted by Crippen LogP contribution is -2.35. The minimum absolute atomic E-state index is 0. The third kappa shape index (κ3) is 3.38. The number of carboxylic acid groups (broad SMARTS) is 1. The highest BCUT2D eigenvalue weighted by Crippen LogP contribution is 2.18. The second kappa shape index (κ2) is 7.26. The number of nitrogens with one attached hydrogen (secondary N) is 2. The summed E-state index contributed by atoms with van der Waals surface area (Å²) in [4.78, 5) is 14.1. The van der Waals surface area contributed by atoms with Crippen molar-refractivity contribution in [3.63, 3.8) is 0 Å². The van der Waals surface area contributed by atoms with E-state index in [0.29, 0.717) is 6.42 Å². The largest absolute Gasteiger partial charge is 0.480 e. The van der Waals surface area contributed by atoms with Gasteiger partial charge in [0.25, 0.3) is 0 Å². The molecule has 1 aromatic heterocycles. The molecule has 0 bridgehead atoms. The molecule has 1 aromatic carbocycles. The Morgan fingerprint density at radius 2 is 2.06 bits per heavy atom. The highest BCUT2D eigenvalue weighted by Gasteiger charge is 2.16. The van der Waals surface area contributed by atoms with Gasteiger partial charge in [0.15, 0.2) is 0 Å². The van der Waals surface area contributed by atoms with E-state index in [1.54, 1.807) is 7.05 Å². The van der Waals surface area contributed by atoms with E-state index in [1.807, 2.05) is 30.5 Å². The summed E-state index contributed by atoms with van der Waals surface area (Å²) >= 11 is 0. The second-order valence-electron chi connectivity index (χ2n) is 3.74. The van der Waals surface area contributed by atoms with E-state index in [2.05, 4.69) is 10.3 Å². The summed E-state index contributed by atoms with van der Waals surface area (Å²) in [5.41, 5.74) is 2.06. The molecule has 6 heteroatoms. The van der Waals surface area contributed by atoms with Gasteiger partial charge in [0.2, 0.25) is 0 Å². The fourth-order valence-corrected chi connectivity index (χ4v) is 1.83. The SMILES string of the molecule is CN[C@H](Cc1c[nH]c2ccccc12)C(=O)O.Cl.Cl. The number of rotatable bonds is 4. The number of H-pyrrole nitrogens is 1. The second-order valence-corrected chi connectivity index (χ2v) is 3.74. The lowest BCUT2D eigenvalue weighted by molar-refractivity contribution is -0.139. The molecule has 0 aliphatic rings. The first-order chi connectivity index (χ1) is 7.72. The molecule has 0 unspecified atom stereocenters. The number of carboxylic acids is 1. The van der Waals surface area contributed by atoms with Crippen LogP contribution >= 0.6 is 24.8 Å². The van der Waals surface area contributed by atoms with Gasteiger partial charge in [-0.1, -0.05) is 18.2 Å². The van der Waals surface area contributed by atoms with E-state index in [9.17, 15) is 4.79 Å². The van der Waals surface area contributed by atoms with Crippen molar-refractivity contribution < 1.29 is 9.90 Å². The number of likely N-dealkylation sites (N-methyl/N-ethyl adjacent to an activating group) is 1. The van der Waals surface area contributed by atoms with Crippen LogP contribution in [-0.4, -0.2) is 29.1 Å². The lowest BCUT2D eigenvalue weighted by atomic mass is 10.1. The van der Waals surface area contributed by atoms with Crippen LogP contribution < -0.4 is 5.32 Å². The number of hydrogen-bond donors (Lipinski definition) is 3. The van der Waals surface area contributed by atoms with E-state index < -0.39 is 12.0 Å². The number of para-hydroxylation sites is 1. The first kappa shape index (κ1) is 16.8. The van der Waals surface area contributed by atoms with Crippen molar-refractivity contribution in [3.05, 3.63) is 36.0 Å². The Morgan fingerprint density at radius 3 is 2.67 bits per heavy atom. The molecule has 100 valence electrons. The molecule has 3 N–H and O–H groups in total. The molecule has 0 fully saturated rings. The summed E-state index contributed by atoms with van der Waals surface area (Å²) in [7, 11) is 1.66. The van der Waals surface area contributed by atoms with Crippen LogP contribution in [0, 0.1) is 0 Å². The fraction of sp³-hybridized carbons (Fsp3) is 0.250. The Morgan fingerprint density at radius 1 is 1.39 bits per heavy atom. The fourth-order valence-electron chi connectivity index (χ4n) is 1.83. The van der Waals surface area contributed by atoms with E-state index in [1.165, 1.54) is 0 Å². The molecular weight excluding hydrogens is 275 g/mol. The van der Waals surface area contributed by atoms with Crippen molar-refractivity contribution in [2.24, 2.45) is 0 Å². The van der Waals surface area contributed by atoms with Crippen molar-refractivity contribution in [1.82, 2.24) is 10.3 Å². The van der Waals surface area contributed by atoms with Gasteiger partial charge in [-0.3, -0.25) is 4.79 Å². The quantitative estimate of drug-likeness (QED) is 0.809. The molecule has 0 amide bonds. The van der Waals surface area contributed by atoms with Gasteiger partial charge in [0, 0.05) is 23.5 Å². The maximum Gasteiger partial charge on any atom is 0.321 e. The number of halogens is 2. The van der Waals surface area contributed by atoms with E-state index in [0.717, 1.165) is 16.5 Å². The van der Waals surface area contributed by atoms with Crippen LogP contribution in [0.3, 0.4) is 0 Å². The van der Waals surface area contributed by atoms with Gasteiger partial charge in [-0.05, 0) is 18.7 Å². The van der Waals surface area contributed by atoms with Crippen molar-refractivity contribution in [3.8, 4) is 0 Å². The number of aromatic nitrogens is 1. The highest BCUT2D eigenvalue weighted by molar-refractivity contribution is 5.86. The molecule has 2 rings (SSSR count). The zero-order valence-electron chi connectivity index (χ0n) is 9.84. The van der Waals surface area contributed by atoms with Crippen LogP contribution in [0.25, 0.3) is 10.9 Å². The number of aliphatic carboxylic acids is 1. The molecule has 0 aliphatic heterocycles. The predicted octanol–water partition coefficient (Wildman–Crippen LogP) is 2.23. The summed E-state index contributed by atoms with van der Waals surface area (Å²) in [5, 5.41) is 12.8. The standard InChI is InChI=1S/C12H14N2O2.2ClH/c1-13-11(12(15)16)6-8-7-14-10-5-3-2-4-9(8)10;;/h2-5,7,11,13-14H,6H2,1H3,(H,15,16);2*1H/t11-;;/m1../s1. The molecular formula is C12H16Cl2N2O2. The third-order valence-corrected chi connectivity index (χ3v) is 2.75. The maximum absolute atomic E-state index is 10.9. The monoisotopic (exact) mass is 290 g/mol. The summed E-state index contributed by atoms with van der Waals surface area (Å²) < 4.78 is 0. The summed E-state index contributed by atoms with van der Waals surface area (Å²) in [5.74, 6) is -0.826. The minimum Gasteiger partial charge on any atom is -0.480 e. The first-order valence-electron chi connectivity index (χ1n) is 5.17. The third-order valence-electron chi connectivity index (χ3n) is 2.75. The Kier molecular flexibility index (Phi) is 6.76. The van der Waals surface area contributed by atoms with Gasteiger partial charge in [0.05, 0.1) is 0 Å². The van der Waals surface area contributed by atoms with Gasteiger partial charge in [-0.25, -0.2) is 0 Å². The number of benzene rings is 1. The van der Waals surface area contributed by atoms with E-state index >= 15 is 0 Å². The highest BCUT2D eigenvalue weighted by atomic mass is 35.5. The van der Waals surface area contributed by atoms with E-state index in [4.69, 9.17) is 5.11 Å². The topological polar surface area (TPSA) is 65.1 Å². The summed E-state index contributed by atoms with van der Waals surface area (Å²) in [6.07, 6.45) is 2.35. The normalized spacial score (nSPS) is 11.4. The van der Waals surface area contributed by atoms with Crippen molar-refractivity contribution in [1.29, 1.82) is 0 Å². The zero-order chi connectivity index (χ0) is 11.5. The molecule has 1 atom stereocenters. The smallest absolute Gasteiger partial charge is 0.321 e. The lowest BCUT2D eigenvalue weighted by Gasteiger charge is -2.09. The molecule has 0 radical (unpaired) electrons. The number of aromatic amines is 1. The summed E-state index contributed by atoms with van der Waals surface area (Å²) in [6.45, 7) is 0. The van der Waals surface area contributed by atoms with Crippen molar-refractivity contribution >= 4 is 41.7 Å². The Hall–Kier alpha value is -1.23. The van der Waals surface area contributed by atoms with Crippen LogP contribution in [0.1, 0.15) is 5.56 Å². The minimum atomic E-state index is -0.826. The van der Waals surface area contributed by atoms with Crippen LogP contribution in [0.15, 0.2) is 30.5 Å². The Labute approximate surface area is 118 Å². The van der Waals surface area contributed by atoms with Crippen LogP contribution in [0.2, 0.25) is 0 Å². The average molecular weight is 291 g/mol. The van der Waals surface area contributed by atoms with Crippen molar-refractivity contribution in [2.75, 3.05) is 7.05 Å². The average Bonchev–Trinajstić information content (AvgIpc) is 2.69. The van der Waals surface area contributed by atoms with Crippen LogP contribution in [0.5, 0.6) is 0 Å². The van der Waals surface area contributed by atoms with Crippen molar-refractivity contribution in [2.45, 2.75) is 12.5 Å². The molecule has 2 aromatic rings. The number of hydrogen-bond acceptors (Lipinski definition) is 2. The molecule has 0 aliphatic carbocycles. The van der Waals surface area contributed by atoms with Gasteiger partial charge in [0.1, 0.15) is 6.04 Å². The molecule has 0 saturated heterocycles. The van der Waals surface area contributed by atoms with Gasteiger partial charge in [-0.2, -0.15) is 0 Å². The zero-order valence-corrected chi connectivity index (χ0v) is 11.5.